The van der Waals surface area contributed by atoms with Crippen LogP contribution in [0.2, 0.25) is 0 Å². The Morgan fingerprint density at radius 3 is 2.37 bits per heavy atom. The van der Waals surface area contributed by atoms with E-state index < -0.39 is 0 Å². The molecule has 0 atom stereocenters. The zero-order chi connectivity index (χ0) is 24.8. The molecule has 7 nitrogen and oxygen atoms in total. The van der Waals surface area contributed by atoms with E-state index in [0.717, 1.165) is 16.1 Å². The Labute approximate surface area is 212 Å². The predicted molar refractivity (Wildman–Crippen MR) is 140 cm³/mol. The second-order valence-electron chi connectivity index (χ2n) is 7.86. The molecule has 0 aliphatic carbocycles. The Morgan fingerprint density at radius 2 is 1.71 bits per heavy atom. The molecule has 9 heteroatoms. The second-order valence-corrected chi connectivity index (χ2v) is 9.89. The molecule has 2 aromatic carbocycles. The molecule has 2 N–H and O–H groups in total. The van der Waals surface area contributed by atoms with E-state index in [9.17, 15) is 14.4 Å². The molecule has 0 saturated carbocycles. The molecule has 0 unspecified atom stereocenters. The summed E-state index contributed by atoms with van der Waals surface area (Å²) >= 11 is 2.60. The van der Waals surface area contributed by atoms with Crippen LogP contribution in [-0.2, 0) is 14.3 Å². The summed E-state index contributed by atoms with van der Waals surface area (Å²) in [6.45, 7) is 2.72. The van der Waals surface area contributed by atoms with Crippen LogP contribution in [0.4, 0.5) is 11.4 Å². The zero-order valence-corrected chi connectivity index (χ0v) is 21.0. The number of nitrogens with zero attached hydrogens (tertiary/aromatic N) is 1. The van der Waals surface area contributed by atoms with Gasteiger partial charge in [-0.3, -0.25) is 19.3 Å². The number of thioether (sulfide) groups is 1. The van der Waals surface area contributed by atoms with Crippen molar-refractivity contribution >= 4 is 52.2 Å². The molecule has 0 bridgehead atoms. The van der Waals surface area contributed by atoms with Gasteiger partial charge in [0, 0.05) is 36.5 Å². The number of nitrogens with one attached hydrogen (secondary N) is 2. The molecule has 0 radical (unpaired) electrons. The van der Waals surface area contributed by atoms with Crippen molar-refractivity contribution in [1.82, 2.24) is 4.90 Å². The number of ether oxygens (including phenoxy) is 1. The molecule has 3 aromatic rings. The summed E-state index contributed by atoms with van der Waals surface area (Å²) in [6.07, 6.45) is 0.558. The molecule has 4 rings (SSSR count). The van der Waals surface area contributed by atoms with Crippen LogP contribution in [0.3, 0.4) is 0 Å². The monoisotopic (exact) mass is 507 g/mol. The van der Waals surface area contributed by atoms with Crippen LogP contribution in [0.25, 0.3) is 0 Å². The van der Waals surface area contributed by atoms with E-state index in [1.807, 2.05) is 54.8 Å². The number of benzene rings is 2. The third-order valence-corrected chi connectivity index (χ3v) is 7.21. The van der Waals surface area contributed by atoms with Gasteiger partial charge in [0.2, 0.25) is 0 Å². The minimum Gasteiger partial charge on any atom is -0.385 e. The molecule has 1 aliphatic heterocycles. The maximum Gasteiger partial charge on any atom is 0.278 e. The SMILES string of the molecule is COCCCN1C(=O)C(Nc2ccc(C)cc2)=C(Sc2ccc(NC(=O)c3cccs3)cc2)C1=O. The van der Waals surface area contributed by atoms with Crippen molar-refractivity contribution in [1.29, 1.82) is 0 Å². The Bertz CT molecular complexity index is 1240. The fraction of sp³-hybridized carbons (Fsp3) is 0.192. The first-order chi connectivity index (χ1) is 17.0. The van der Waals surface area contributed by atoms with Gasteiger partial charge >= 0.3 is 0 Å². The van der Waals surface area contributed by atoms with Crippen LogP contribution < -0.4 is 10.6 Å². The van der Waals surface area contributed by atoms with Crippen molar-refractivity contribution in [2.75, 3.05) is 30.9 Å². The van der Waals surface area contributed by atoms with Crippen molar-refractivity contribution in [3.8, 4) is 0 Å². The van der Waals surface area contributed by atoms with Gasteiger partial charge in [0.15, 0.2) is 0 Å². The van der Waals surface area contributed by atoms with Gasteiger partial charge in [-0.25, -0.2) is 0 Å². The number of imide groups is 1. The maximum absolute atomic E-state index is 13.2. The number of methoxy groups -OCH3 is 1. The molecule has 0 fully saturated rings. The summed E-state index contributed by atoms with van der Waals surface area (Å²) in [7, 11) is 1.59. The number of carbonyl (C=O) groups excluding carboxylic acids is 3. The highest BCUT2D eigenvalue weighted by Crippen LogP contribution is 2.36. The van der Waals surface area contributed by atoms with Crippen molar-refractivity contribution in [3.05, 3.63) is 87.1 Å². The third kappa shape index (κ3) is 6.00. The summed E-state index contributed by atoms with van der Waals surface area (Å²) in [5.41, 5.74) is 2.74. The number of hydrogen-bond acceptors (Lipinski definition) is 7. The molecule has 0 saturated heterocycles. The van der Waals surface area contributed by atoms with E-state index in [1.165, 1.54) is 28.0 Å². The standard InChI is InChI=1S/C26H25N3O4S2/c1-17-6-8-18(9-7-17)27-22-23(26(32)29(25(22)31)14-4-15-33-2)35-20-12-10-19(11-13-20)28-24(30)21-5-3-16-34-21/h3,5-13,16,27H,4,14-15H2,1-2H3,(H,28,30). The summed E-state index contributed by atoms with van der Waals surface area (Å²) in [6, 6.07) is 18.4. The lowest BCUT2D eigenvalue weighted by molar-refractivity contribution is -0.137. The van der Waals surface area contributed by atoms with Gasteiger partial charge in [0.1, 0.15) is 10.6 Å². The Hall–Kier alpha value is -3.40. The van der Waals surface area contributed by atoms with Crippen molar-refractivity contribution < 1.29 is 19.1 Å². The number of hydrogen-bond donors (Lipinski definition) is 2. The van der Waals surface area contributed by atoms with E-state index in [4.69, 9.17) is 4.74 Å². The molecule has 3 amide bonds. The highest BCUT2D eigenvalue weighted by atomic mass is 32.2. The van der Waals surface area contributed by atoms with Crippen molar-refractivity contribution in [3.63, 3.8) is 0 Å². The van der Waals surface area contributed by atoms with Crippen LogP contribution in [0.5, 0.6) is 0 Å². The lowest BCUT2D eigenvalue weighted by atomic mass is 10.2. The number of aryl methyl sites for hydroxylation is 1. The molecule has 1 aromatic heterocycles. The lowest BCUT2D eigenvalue weighted by Gasteiger charge is -2.14. The number of carbonyl (C=O) groups is 3. The smallest absolute Gasteiger partial charge is 0.278 e. The molecular formula is C26H25N3O4S2. The third-order valence-electron chi connectivity index (χ3n) is 5.25. The number of rotatable bonds is 10. The number of thiophene rings is 1. The van der Waals surface area contributed by atoms with Crippen LogP contribution in [0.1, 0.15) is 21.7 Å². The fourth-order valence-corrected chi connectivity index (χ4v) is 5.00. The Balaban J connectivity index is 1.53. The second kappa shape index (κ2) is 11.4. The van der Waals surface area contributed by atoms with Crippen LogP contribution >= 0.6 is 23.1 Å². The predicted octanol–water partition coefficient (Wildman–Crippen LogP) is 5.13. The fourth-order valence-electron chi connectivity index (χ4n) is 3.43. The van der Waals surface area contributed by atoms with Crippen LogP contribution in [0, 0.1) is 6.92 Å². The normalized spacial score (nSPS) is 13.5. The molecule has 1 aliphatic rings. The van der Waals surface area contributed by atoms with E-state index in [-0.39, 0.29) is 30.0 Å². The van der Waals surface area contributed by atoms with Gasteiger partial charge in [0.05, 0.1) is 4.88 Å². The zero-order valence-electron chi connectivity index (χ0n) is 19.4. The van der Waals surface area contributed by atoms with E-state index >= 15 is 0 Å². The summed E-state index contributed by atoms with van der Waals surface area (Å²) in [4.78, 5) is 41.6. The molecule has 2 heterocycles. The molecule has 0 spiro atoms. The first-order valence-electron chi connectivity index (χ1n) is 11.0. The quantitative estimate of drug-likeness (QED) is 0.292. The van der Waals surface area contributed by atoms with Crippen LogP contribution in [0.15, 0.2) is 81.5 Å². The molecule has 35 heavy (non-hydrogen) atoms. The van der Waals surface area contributed by atoms with E-state index in [0.29, 0.717) is 28.5 Å². The van der Waals surface area contributed by atoms with Crippen molar-refractivity contribution in [2.24, 2.45) is 0 Å². The molecule has 180 valence electrons. The summed E-state index contributed by atoms with van der Waals surface area (Å²) in [5, 5.41) is 7.86. The van der Waals surface area contributed by atoms with E-state index in [2.05, 4.69) is 10.6 Å². The van der Waals surface area contributed by atoms with Gasteiger partial charge in [0.25, 0.3) is 17.7 Å². The topological polar surface area (TPSA) is 87.7 Å². The first kappa shape index (κ1) is 24.7. The summed E-state index contributed by atoms with van der Waals surface area (Å²) < 4.78 is 5.08. The van der Waals surface area contributed by atoms with Gasteiger partial charge in [-0.2, -0.15) is 0 Å². The minimum atomic E-state index is -0.353. The average Bonchev–Trinajstić information content (AvgIpc) is 3.47. The van der Waals surface area contributed by atoms with Gasteiger partial charge < -0.3 is 15.4 Å². The van der Waals surface area contributed by atoms with Gasteiger partial charge in [-0.05, 0) is 61.2 Å². The first-order valence-corrected chi connectivity index (χ1v) is 12.7. The molecular weight excluding hydrogens is 482 g/mol. The largest absolute Gasteiger partial charge is 0.385 e. The van der Waals surface area contributed by atoms with E-state index in [1.54, 1.807) is 25.3 Å². The Morgan fingerprint density at radius 1 is 1.00 bits per heavy atom. The lowest BCUT2D eigenvalue weighted by Crippen LogP contribution is -2.33. The van der Waals surface area contributed by atoms with Crippen LogP contribution in [-0.4, -0.2) is 42.9 Å². The maximum atomic E-state index is 13.2. The van der Waals surface area contributed by atoms with Gasteiger partial charge in [-0.1, -0.05) is 35.5 Å². The number of anilines is 2. The Kier molecular flexibility index (Phi) is 8.02. The van der Waals surface area contributed by atoms with Gasteiger partial charge in [-0.15, -0.1) is 11.3 Å². The highest BCUT2D eigenvalue weighted by Gasteiger charge is 2.38. The average molecular weight is 508 g/mol. The number of amides is 3. The summed E-state index contributed by atoms with van der Waals surface area (Å²) in [5.74, 6) is -0.856. The van der Waals surface area contributed by atoms with Crippen molar-refractivity contribution in [2.45, 2.75) is 18.2 Å². The highest BCUT2D eigenvalue weighted by molar-refractivity contribution is 8.04. The minimum absolute atomic E-state index is 0.170.